The summed E-state index contributed by atoms with van der Waals surface area (Å²) >= 11 is 0. The van der Waals surface area contributed by atoms with E-state index in [2.05, 4.69) is 5.16 Å². The van der Waals surface area contributed by atoms with E-state index < -0.39 is 0 Å². The number of esters is 1. The van der Waals surface area contributed by atoms with Gasteiger partial charge in [-0.3, -0.25) is 4.79 Å². The number of methoxy groups -OCH3 is 1. The molecule has 2 aromatic carbocycles. The number of nitrogens with zero attached hydrogens (tertiary/aromatic N) is 1. The summed E-state index contributed by atoms with van der Waals surface area (Å²) in [6, 6.07) is 17.0. The second kappa shape index (κ2) is 7.66. The minimum Gasteiger partial charge on any atom is -0.497 e. The van der Waals surface area contributed by atoms with Crippen LogP contribution in [0.2, 0.25) is 0 Å². The standard InChI is InChI=1S/C20H19NO4/c1-14-4-3-5-15(10-14)11-20(22)24-13-17-12-19(25-21-17)16-6-8-18(23-2)9-7-16/h3-10,12H,11,13H2,1-2H3. The van der Waals surface area contributed by atoms with Crippen molar-refractivity contribution in [3.63, 3.8) is 0 Å². The van der Waals surface area contributed by atoms with Crippen molar-refractivity contribution in [3.8, 4) is 17.1 Å². The third-order valence-electron chi connectivity index (χ3n) is 3.75. The van der Waals surface area contributed by atoms with Crippen LogP contribution in [0.3, 0.4) is 0 Å². The molecule has 0 saturated carbocycles. The number of carbonyl (C=O) groups is 1. The lowest BCUT2D eigenvalue weighted by Gasteiger charge is -2.03. The average Bonchev–Trinajstić information content (AvgIpc) is 3.09. The highest BCUT2D eigenvalue weighted by Crippen LogP contribution is 2.23. The average molecular weight is 337 g/mol. The zero-order chi connectivity index (χ0) is 17.6. The molecule has 0 spiro atoms. The van der Waals surface area contributed by atoms with E-state index in [9.17, 15) is 4.79 Å². The maximum absolute atomic E-state index is 11.9. The Labute approximate surface area is 146 Å². The highest BCUT2D eigenvalue weighted by molar-refractivity contribution is 5.72. The Kier molecular flexibility index (Phi) is 5.14. The van der Waals surface area contributed by atoms with Crippen molar-refractivity contribution in [1.29, 1.82) is 0 Å². The molecule has 0 aliphatic carbocycles. The quantitative estimate of drug-likeness (QED) is 0.638. The van der Waals surface area contributed by atoms with E-state index >= 15 is 0 Å². The number of hydrogen-bond donors (Lipinski definition) is 0. The molecule has 3 rings (SSSR count). The predicted octanol–water partition coefficient (Wildman–Crippen LogP) is 3.94. The van der Waals surface area contributed by atoms with Crippen LogP contribution in [0.1, 0.15) is 16.8 Å². The molecule has 0 N–H and O–H groups in total. The van der Waals surface area contributed by atoms with E-state index in [-0.39, 0.29) is 19.0 Å². The number of ether oxygens (including phenoxy) is 2. The lowest BCUT2D eigenvalue weighted by atomic mass is 10.1. The first kappa shape index (κ1) is 16.8. The van der Waals surface area contributed by atoms with Crippen LogP contribution in [-0.4, -0.2) is 18.2 Å². The SMILES string of the molecule is COc1ccc(-c2cc(COC(=O)Cc3cccc(C)c3)no2)cc1. The summed E-state index contributed by atoms with van der Waals surface area (Å²) in [6.07, 6.45) is 0.241. The Morgan fingerprint density at radius 1 is 1.12 bits per heavy atom. The molecule has 0 fully saturated rings. The van der Waals surface area contributed by atoms with Gasteiger partial charge in [-0.1, -0.05) is 35.0 Å². The summed E-state index contributed by atoms with van der Waals surface area (Å²) < 4.78 is 15.7. The molecule has 5 heteroatoms. The fourth-order valence-electron chi connectivity index (χ4n) is 2.47. The van der Waals surface area contributed by atoms with Gasteiger partial charge in [0.05, 0.1) is 13.5 Å². The van der Waals surface area contributed by atoms with Crippen LogP contribution in [0, 0.1) is 6.92 Å². The second-order valence-corrected chi connectivity index (χ2v) is 5.74. The Balaban J connectivity index is 1.56. The van der Waals surface area contributed by atoms with E-state index in [1.807, 2.05) is 55.5 Å². The van der Waals surface area contributed by atoms with Crippen molar-refractivity contribution in [2.24, 2.45) is 0 Å². The Morgan fingerprint density at radius 2 is 1.92 bits per heavy atom. The van der Waals surface area contributed by atoms with Crippen LogP contribution < -0.4 is 4.74 Å². The van der Waals surface area contributed by atoms with E-state index in [0.29, 0.717) is 11.5 Å². The normalized spacial score (nSPS) is 10.5. The summed E-state index contributed by atoms with van der Waals surface area (Å²) in [7, 11) is 1.62. The number of aryl methyl sites for hydroxylation is 1. The largest absolute Gasteiger partial charge is 0.497 e. The van der Waals surface area contributed by atoms with Gasteiger partial charge >= 0.3 is 5.97 Å². The van der Waals surface area contributed by atoms with Gasteiger partial charge in [0.1, 0.15) is 18.1 Å². The smallest absolute Gasteiger partial charge is 0.310 e. The van der Waals surface area contributed by atoms with Crippen LogP contribution in [-0.2, 0) is 22.6 Å². The molecule has 25 heavy (non-hydrogen) atoms. The molecule has 1 aromatic heterocycles. The first-order valence-electron chi connectivity index (χ1n) is 7.95. The van der Waals surface area contributed by atoms with Crippen molar-refractivity contribution in [3.05, 3.63) is 71.4 Å². The Hall–Kier alpha value is -3.08. The molecule has 0 saturated heterocycles. The monoisotopic (exact) mass is 337 g/mol. The minimum absolute atomic E-state index is 0.0876. The summed E-state index contributed by atoms with van der Waals surface area (Å²) in [6.45, 7) is 2.08. The van der Waals surface area contributed by atoms with Crippen LogP contribution in [0.15, 0.2) is 59.1 Å². The van der Waals surface area contributed by atoms with Gasteiger partial charge in [-0.15, -0.1) is 0 Å². The van der Waals surface area contributed by atoms with E-state index in [1.165, 1.54) is 0 Å². The first-order valence-corrected chi connectivity index (χ1v) is 7.95. The Morgan fingerprint density at radius 3 is 2.64 bits per heavy atom. The molecule has 1 heterocycles. The molecule has 0 atom stereocenters. The van der Waals surface area contributed by atoms with E-state index in [0.717, 1.165) is 22.4 Å². The van der Waals surface area contributed by atoms with Gasteiger partial charge < -0.3 is 14.0 Å². The molecule has 5 nitrogen and oxygen atoms in total. The van der Waals surface area contributed by atoms with Crippen LogP contribution in [0.25, 0.3) is 11.3 Å². The zero-order valence-corrected chi connectivity index (χ0v) is 14.2. The molecular weight excluding hydrogens is 318 g/mol. The number of carbonyl (C=O) groups excluding carboxylic acids is 1. The lowest BCUT2D eigenvalue weighted by Crippen LogP contribution is -2.08. The summed E-state index contributed by atoms with van der Waals surface area (Å²) in [4.78, 5) is 11.9. The third-order valence-corrected chi connectivity index (χ3v) is 3.75. The molecule has 0 aliphatic rings. The van der Waals surface area contributed by atoms with Gasteiger partial charge in [0.15, 0.2) is 5.76 Å². The van der Waals surface area contributed by atoms with Crippen molar-refractivity contribution < 1.29 is 18.8 Å². The minimum atomic E-state index is -0.292. The molecule has 0 bridgehead atoms. The highest BCUT2D eigenvalue weighted by atomic mass is 16.5. The number of rotatable bonds is 6. The number of benzene rings is 2. The van der Waals surface area contributed by atoms with Gasteiger partial charge in [0.2, 0.25) is 0 Å². The number of aromatic nitrogens is 1. The van der Waals surface area contributed by atoms with Gasteiger partial charge in [0.25, 0.3) is 0 Å². The maximum atomic E-state index is 11.9. The fourth-order valence-corrected chi connectivity index (χ4v) is 2.47. The van der Waals surface area contributed by atoms with E-state index in [1.54, 1.807) is 13.2 Å². The van der Waals surface area contributed by atoms with Crippen molar-refractivity contribution in [2.75, 3.05) is 7.11 Å². The zero-order valence-electron chi connectivity index (χ0n) is 14.2. The fraction of sp³-hybridized carbons (Fsp3) is 0.200. The molecular formula is C20H19NO4. The van der Waals surface area contributed by atoms with Gasteiger partial charge in [0, 0.05) is 11.6 Å². The van der Waals surface area contributed by atoms with Crippen molar-refractivity contribution >= 4 is 5.97 Å². The van der Waals surface area contributed by atoms with Crippen molar-refractivity contribution in [2.45, 2.75) is 20.0 Å². The molecule has 3 aromatic rings. The van der Waals surface area contributed by atoms with Gasteiger partial charge in [-0.05, 0) is 36.8 Å². The summed E-state index contributed by atoms with van der Waals surface area (Å²) in [5.74, 6) is 1.10. The molecule has 128 valence electrons. The summed E-state index contributed by atoms with van der Waals surface area (Å²) in [5, 5.41) is 3.94. The number of hydrogen-bond acceptors (Lipinski definition) is 5. The lowest BCUT2D eigenvalue weighted by molar-refractivity contribution is -0.144. The van der Waals surface area contributed by atoms with Crippen LogP contribution >= 0.6 is 0 Å². The summed E-state index contributed by atoms with van der Waals surface area (Å²) in [5.41, 5.74) is 3.50. The highest BCUT2D eigenvalue weighted by Gasteiger charge is 2.10. The van der Waals surface area contributed by atoms with Crippen LogP contribution in [0.4, 0.5) is 0 Å². The molecule has 0 aliphatic heterocycles. The molecule has 0 amide bonds. The molecule has 0 unspecified atom stereocenters. The van der Waals surface area contributed by atoms with Gasteiger partial charge in [-0.2, -0.15) is 0 Å². The molecule has 0 radical (unpaired) electrons. The predicted molar refractivity (Wildman–Crippen MR) is 93.2 cm³/mol. The van der Waals surface area contributed by atoms with Crippen molar-refractivity contribution in [1.82, 2.24) is 5.16 Å². The second-order valence-electron chi connectivity index (χ2n) is 5.74. The maximum Gasteiger partial charge on any atom is 0.310 e. The Bertz CT molecular complexity index is 852. The third kappa shape index (κ3) is 4.47. The van der Waals surface area contributed by atoms with Gasteiger partial charge in [-0.25, -0.2) is 0 Å². The van der Waals surface area contributed by atoms with Crippen LogP contribution in [0.5, 0.6) is 5.75 Å². The first-order chi connectivity index (χ1) is 12.1. The topological polar surface area (TPSA) is 61.6 Å². The van der Waals surface area contributed by atoms with E-state index in [4.69, 9.17) is 14.0 Å².